The largest absolute Gasteiger partial charge is 0.312 e. The molecule has 1 aromatic heterocycles. The zero-order chi connectivity index (χ0) is 18.0. The SMILES string of the molecule is CC(C)Cc1nnc(NC(=O)c2ccc(Cl)cc2N2CCCC2=O)s1. The summed E-state index contributed by atoms with van der Waals surface area (Å²) in [7, 11) is 0. The summed E-state index contributed by atoms with van der Waals surface area (Å²) in [6.45, 7) is 4.80. The molecule has 1 aliphatic rings. The fourth-order valence-electron chi connectivity index (χ4n) is 2.72. The highest BCUT2D eigenvalue weighted by Crippen LogP contribution is 2.29. The minimum Gasteiger partial charge on any atom is -0.312 e. The van der Waals surface area contributed by atoms with Crippen molar-refractivity contribution in [3.63, 3.8) is 0 Å². The summed E-state index contributed by atoms with van der Waals surface area (Å²) < 4.78 is 0. The maximum atomic E-state index is 12.7. The average Bonchev–Trinajstić information content (AvgIpc) is 3.15. The summed E-state index contributed by atoms with van der Waals surface area (Å²) >= 11 is 7.43. The molecular weight excluding hydrogens is 360 g/mol. The van der Waals surface area contributed by atoms with Gasteiger partial charge in [-0.3, -0.25) is 14.9 Å². The highest BCUT2D eigenvalue weighted by atomic mass is 35.5. The van der Waals surface area contributed by atoms with E-state index >= 15 is 0 Å². The van der Waals surface area contributed by atoms with Crippen LogP contribution in [-0.2, 0) is 11.2 Å². The van der Waals surface area contributed by atoms with E-state index in [-0.39, 0.29) is 11.8 Å². The molecule has 1 aromatic carbocycles. The number of anilines is 2. The van der Waals surface area contributed by atoms with Gasteiger partial charge in [0.05, 0.1) is 11.3 Å². The fourth-order valence-corrected chi connectivity index (χ4v) is 3.84. The lowest BCUT2D eigenvalue weighted by Crippen LogP contribution is -2.27. The van der Waals surface area contributed by atoms with E-state index in [4.69, 9.17) is 11.6 Å². The second-order valence-corrected chi connectivity index (χ2v) is 7.86. The van der Waals surface area contributed by atoms with Gasteiger partial charge in [-0.15, -0.1) is 10.2 Å². The van der Waals surface area contributed by atoms with Gasteiger partial charge in [0, 0.05) is 24.4 Å². The molecule has 1 saturated heterocycles. The van der Waals surface area contributed by atoms with Crippen LogP contribution in [0.3, 0.4) is 0 Å². The predicted molar refractivity (Wildman–Crippen MR) is 99.4 cm³/mol. The number of benzene rings is 1. The molecule has 132 valence electrons. The minimum absolute atomic E-state index is 0.00597. The van der Waals surface area contributed by atoms with Crippen LogP contribution in [0.25, 0.3) is 0 Å². The van der Waals surface area contributed by atoms with Crippen LogP contribution in [0.1, 0.15) is 42.1 Å². The van der Waals surface area contributed by atoms with E-state index in [1.807, 2.05) is 0 Å². The van der Waals surface area contributed by atoms with Crippen molar-refractivity contribution in [1.29, 1.82) is 0 Å². The first-order chi connectivity index (χ1) is 11.9. The quantitative estimate of drug-likeness (QED) is 0.859. The third-order valence-electron chi connectivity index (χ3n) is 3.84. The van der Waals surface area contributed by atoms with Crippen LogP contribution in [0.5, 0.6) is 0 Å². The predicted octanol–water partition coefficient (Wildman–Crippen LogP) is 3.77. The molecule has 0 bridgehead atoms. The van der Waals surface area contributed by atoms with Crippen LogP contribution in [0, 0.1) is 5.92 Å². The molecule has 0 saturated carbocycles. The number of nitrogens with one attached hydrogen (secondary N) is 1. The number of nitrogens with zero attached hydrogens (tertiary/aromatic N) is 3. The minimum atomic E-state index is -0.321. The number of halogens is 1. The van der Waals surface area contributed by atoms with Crippen molar-refractivity contribution in [3.05, 3.63) is 33.8 Å². The third kappa shape index (κ3) is 4.16. The van der Waals surface area contributed by atoms with Crippen LogP contribution in [-0.4, -0.2) is 28.6 Å². The van der Waals surface area contributed by atoms with Crippen LogP contribution in [0.2, 0.25) is 5.02 Å². The molecule has 25 heavy (non-hydrogen) atoms. The van der Waals surface area contributed by atoms with E-state index in [9.17, 15) is 9.59 Å². The average molecular weight is 379 g/mol. The highest BCUT2D eigenvalue weighted by molar-refractivity contribution is 7.15. The van der Waals surface area contributed by atoms with Crippen molar-refractivity contribution in [2.75, 3.05) is 16.8 Å². The van der Waals surface area contributed by atoms with E-state index in [0.717, 1.165) is 17.8 Å². The molecule has 2 amide bonds. The lowest BCUT2D eigenvalue weighted by Gasteiger charge is -2.19. The van der Waals surface area contributed by atoms with E-state index in [1.165, 1.54) is 11.3 Å². The monoisotopic (exact) mass is 378 g/mol. The highest BCUT2D eigenvalue weighted by Gasteiger charge is 2.26. The molecule has 3 rings (SSSR count). The zero-order valence-corrected chi connectivity index (χ0v) is 15.7. The standard InChI is InChI=1S/C17H19ClN4O2S/c1-10(2)8-14-20-21-17(25-14)19-16(24)12-6-5-11(18)9-13(12)22-7-3-4-15(22)23/h5-6,9-10H,3-4,7-8H2,1-2H3,(H,19,21,24). The first-order valence-electron chi connectivity index (χ1n) is 8.17. The number of carbonyl (C=O) groups is 2. The van der Waals surface area contributed by atoms with Crippen molar-refractivity contribution < 1.29 is 9.59 Å². The number of carbonyl (C=O) groups excluding carboxylic acids is 2. The van der Waals surface area contributed by atoms with Gasteiger partial charge < -0.3 is 4.90 Å². The van der Waals surface area contributed by atoms with E-state index < -0.39 is 0 Å². The van der Waals surface area contributed by atoms with Crippen molar-refractivity contribution in [3.8, 4) is 0 Å². The van der Waals surface area contributed by atoms with Gasteiger partial charge in [0.2, 0.25) is 11.0 Å². The Morgan fingerprint density at radius 1 is 1.40 bits per heavy atom. The lowest BCUT2D eigenvalue weighted by molar-refractivity contribution is -0.117. The first kappa shape index (κ1) is 17.8. The van der Waals surface area contributed by atoms with Crippen LogP contribution >= 0.6 is 22.9 Å². The van der Waals surface area contributed by atoms with Crippen molar-refractivity contribution in [2.45, 2.75) is 33.1 Å². The number of hydrogen-bond donors (Lipinski definition) is 1. The molecule has 0 aliphatic carbocycles. The maximum absolute atomic E-state index is 12.7. The second kappa shape index (κ2) is 7.49. The maximum Gasteiger partial charge on any atom is 0.259 e. The molecule has 1 fully saturated rings. The number of amides is 2. The zero-order valence-electron chi connectivity index (χ0n) is 14.1. The molecule has 0 radical (unpaired) electrons. The van der Waals surface area contributed by atoms with E-state index in [2.05, 4.69) is 29.4 Å². The molecule has 0 spiro atoms. The Morgan fingerprint density at radius 2 is 2.20 bits per heavy atom. The summed E-state index contributed by atoms with van der Waals surface area (Å²) in [6, 6.07) is 4.93. The van der Waals surface area contributed by atoms with Gasteiger partial charge in [-0.1, -0.05) is 36.8 Å². The Morgan fingerprint density at radius 3 is 2.88 bits per heavy atom. The van der Waals surface area contributed by atoms with E-state index in [1.54, 1.807) is 23.1 Å². The number of aromatic nitrogens is 2. The topological polar surface area (TPSA) is 75.2 Å². The van der Waals surface area contributed by atoms with Gasteiger partial charge in [-0.2, -0.15) is 0 Å². The van der Waals surface area contributed by atoms with Gasteiger partial charge in [0.1, 0.15) is 5.01 Å². The summed E-state index contributed by atoms with van der Waals surface area (Å²) in [6.07, 6.45) is 2.09. The Balaban J connectivity index is 1.82. The normalized spacial score (nSPS) is 14.4. The van der Waals surface area contributed by atoms with Crippen LogP contribution in [0.15, 0.2) is 18.2 Å². The number of rotatable bonds is 5. The van der Waals surface area contributed by atoms with Crippen molar-refractivity contribution >= 4 is 45.6 Å². The Hall–Kier alpha value is -1.99. The van der Waals surface area contributed by atoms with Gasteiger partial charge in [-0.05, 0) is 30.5 Å². The van der Waals surface area contributed by atoms with Gasteiger partial charge in [0.15, 0.2) is 0 Å². The van der Waals surface area contributed by atoms with Gasteiger partial charge in [-0.25, -0.2) is 0 Å². The molecule has 6 nitrogen and oxygen atoms in total. The van der Waals surface area contributed by atoms with E-state index in [0.29, 0.717) is 40.3 Å². The molecule has 0 unspecified atom stereocenters. The number of hydrogen-bond acceptors (Lipinski definition) is 5. The first-order valence-corrected chi connectivity index (χ1v) is 9.37. The smallest absolute Gasteiger partial charge is 0.259 e. The van der Waals surface area contributed by atoms with Gasteiger partial charge in [0.25, 0.3) is 5.91 Å². The molecule has 2 aromatic rings. The summed E-state index contributed by atoms with van der Waals surface area (Å²) in [5.74, 6) is 0.158. The molecule has 8 heteroatoms. The Labute approximate surface area is 155 Å². The lowest BCUT2D eigenvalue weighted by atomic mass is 10.1. The van der Waals surface area contributed by atoms with Crippen molar-refractivity contribution in [1.82, 2.24) is 10.2 Å². The molecular formula is C17H19ClN4O2S. The van der Waals surface area contributed by atoms with Crippen LogP contribution in [0.4, 0.5) is 10.8 Å². The molecule has 0 atom stereocenters. The molecule has 1 N–H and O–H groups in total. The van der Waals surface area contributed by atoms with Crippen molar-refractivity contribution in [2.24, 2.45) is 5.92 Å². The fraction of sp³-hybridized carbons (Fsp3) is 0.412. The Bertz CT molecular complexity index is 806. The summed E-state index contributed by atoms with van der Waals surface area (Å²) in [5, 5.41) is 12.7. The summed E-state index contributed by atoms with van der Waals surface area (Å²) in [5.41, 5.74) is 0.944. The third-order valence-corrected chi connectivity index (χ3v) is 4.93. The summed E-state index contributed by atoms with van der Waals surface area (Å²) in [4.78, 5) is 26.4. The molecule has 2 heterocycles. The second-order valence-electron chi connectivity index (χ2n) is 6.36. The molecule has 1 aliphatic heterocycles. The van der Waals surface area contributed by atoms with Crippen LogP contribution < -0.4 is 10.2 Å². The van der Waals surface area contributed by atoms with Gasteiger partial charge >= 0.3 is 0 Å². The Kier molecular flexibility index (Phi) is 5.34.